The second-order valence-electron chi connectivity index (χ2n) is 13.1. The lowest BCUT2D eigenvalue weighted by molar-refractivity contribution is -0.139. The fraction of sp³-hybridized carbons (Fsp3) is 0.529. The van der Waals surface area contributed by atoms with Gasteiger partial charge >= 0.3 is 6.01 Å². The molecule has 1 aliphatic carbocycles. The summed E-state index contributed by atoms with van der Waals surface area (Å²) in [7, 11) is 0. The van der Waals surface area contributed by atoms with Crippen LogP contribution in [0.4, 0.5) is 0 Å². The summed E-state index contributed by atoms with van der Waals surface area (Å²) < 4.78 is 7.95. The number of Topliss-reactive ketones (excluding diaryl/α,β-unsaturated/α-hetero) is 2. The molecule has 10 heteroatoms. The topological polar surface area (TPSA) is 123 Å². The minimum absolute atomic E-state index is 0.0154. The molecular formula is C34H41N5O5. The molecule has 2 aromatic heterocycles. The van der Waals surface area contributed by atoms with Crippen LogP contribution >= 0.6 is 0 Å². The molecule has 3 aliphatic rings. The van der Waals surface area contributed by atoms with Crippen LogP contribution in [0.25, 0.3) is 10.9 Å². The Bertz CT molecular complexity index is 1630. The summed E-state index contributed by atoms with van der Waals surface area (Å²) in [5.74, 6) is 0.579. The molecule has 4 heterocycles. The Balaban J connectivity index is 1.42. The van der Waals surface area contributed by atoms with Gasteiger partial charge in [-0.25, -0.2) is 9.97 Å². The number of aryl methyl sites for hydroxylation is 2. The van der Waals surface area contributed by atoms with Crippen molar-refractivity contribution in [1.29, 1.82) is 0 Å². The molecule has 2 fully saturated rings. The van der Waals surface area contributed by atoms with Gasteiger partial charge in [-0.1, -0.05) is 26.7 Å². The highest BCUT2D eigenvalue weighted by Crippen LogP contribution is 2.59. The molecule has 0 radical (unpaired) electrons. The molecule has 10 nitrogen and oxygen atoms in total. The Morgan fingerprint density at radius 1 is 1.14 bits per heavy atom. The second kappa shape index (κ2) is 11.8. The maximum atomic E-state index is 14.1. The number of amides is 2. The Morgan fingerprint density at radius 3 is 2.64 bits per heavy atom. The van der Waals surface area contributed by atoms with Crippen LogP contribution in [0.2, 0.25) is 0 Å². The maximum absolute atomic E-state index is 14.1. The van der Waals surface area contributed by atoms with Gasteiger partial charge < -0.3 is 19.5 Å². The fourth-order valence-electron chi connectivity index (χ4n) is 7.25. The number of rotatable bonds is 5. The van der Waals surface area contributed by atoms with Gasteiger partial charge in [0.2, 0.25) is 11.8 Å². The number of aromatic nitrogens is 3. The van der Waals surface area contributed by atoms with E-state index in [9.17, 15) is 19.2 Å². The van der Waals surface area contributed by atoms with E-state index >= 15 is 0 Å². The van der Waals surface area contributed by atoms with Gasteiger partial charge in [-0.15, -0.1) is 0 Å². The predicted octanol–water partition coefficient (Wildman–Crippen LogP) is 4.94. The highest BCUT2D eigenvalue weighted by Gasteiger charge is 2.66. The normalized spacial score (nSPS) is 25.7. The van der Waals surface area contributed by atoms with Gasteiger partial charge in [0.1, 0.15) is 12.3 Å². The Hall–Kier alpha value is -4.08. The van der Waals surface area contributed by atoms with Crippen molar-refractivity contribution < 1.29 is 23.9 Å². The summed E-state index contributed by atoms with van der Waals surface area (Å²) in [6.45, 7) is 7.87. The minimum Gasteiger partial charge on any atom is -0.424 e. The van der Waals surface area contributed by atoms with Crippen LogP contribution < -0.4 is 10.1 Å². The highest BCUT2D eigenvalue weighted by molar-refractivity contribution is 6.08. The molecule has 1 aromatic carbocycles. The first-order valence-corrected chi connectivity index (χ1v) is 15.8. The summed E-state index contributed by atoms with van der Waals surface area (Å²) in [6, 6.07) is 3.42. The molecule has 2 bridgehead atoms. The lowest BCUT2D eigenvalue weighted by atomic mass is 9.95. The lowest BCUT2D eigenvalue weighted by Crippen LogP contribution is -2.44. The Morgan fingerprint density at radius 2 is 1.91 bits per heavy atom. The summed E-state index contributed by atoms with van der Waals surface area (Å²) in [5.41, 5.74) is 2.97. The fourth-order valence-corrected chi connectivity index (χ4v) is 7.25. The van der Waals surface area contributed by atoms with Crippen LogP contribution in [-0.4, -0.2) is 61.4 Å². The largest absolute Gasteiger partial charge is 0.424 e. The summed E-state index contributed by atoms with van der Waals surface area (Å²) in [6.07, 6.45) is 10.7. The van der Waals surface area contributed by atoms with Crippen molar-refractivity contribution in [3.63, 3.8) is 0 Å². The first kappa shape index (κ1) is 30.0. The monoisotopic (exact) mass is 599 g/mol. The number of hydrogen-bond donors (Lipinski definition) is 1. The standard InChI is InChI=1S/C34H41N5O5/c1-5-28(41)27-13-34-14-29(34)39(27)31(43)18-38-17-26(22(4)40)25-12-24(44-33-35-15-21(3)16-36-33)11-23(32(25)38)9-7-6-8-20(2)10-30(42)37-19-34/h11-12,15-17,20,27,29H,5-10,13-14,18-19H2,1-4H3,(H,37,42)/t20-,27-,29+,34-/m0/s1. The van der Waals surface area contributed by atoms with Gasteiger partial charge in [0.05, 0.1) is 11.6 Å². The minimum atomic E-state index is -0.496. The van der Waals surface area contributed by atoms with E-state index in [0.29, 0.717) is 43.5 Å². The summed E-state index contributed by atoms with van der Waals surface area (Å²) >= 11 is 0. The first-order chi connectivity index (χ1) is 21.1. The number of ketones is 2. The van der Waals surface area contributed by atoms with Crippen LogP contribution in [0.3, 0.4) is 0 Å². The van der Waals surface area contributed by atoms with Crippen molar-refractivity contribution in [3.8, 4) is 11.8 Å². The van der Waals surface area contributed by atoms with Crippen molar-refractivity contribution in [2.24, 2.45) is 11.3 Å². The van der Waals surface area contributed by atoms with E-state index in [1.165, 1.54) is 6.92 Å². The van der Waals surface area contributed by atoms with E-state index < -0.39 is 6.04 Å². The smallest absolute Gasteiger partial charge is 0.321 e. The maximum Gasteiger partial charge on any atom is 0.321 e. The third kappa shape index (κ3) is 5.74. The van der Waals surface area contributed by atoms with E-state index in [4.69, 9.17) is 4.74 Å². The SMILES string of the molecule is CCC(=O)[C@@H]1C[C@]23CNC(=O)C[C@@H](C)CCCCc4cc(Oc5ncc(C)cn5)cc5c(C(C)=O)cn(c45)CC(=O)N1[C@@H]2C3. The average Bonchev–Trinajstić information content (AvgIpc) is 3.40. The van der Waals surface area contributed by atoms with Gasteiger partial charge in [-0.3, -0.25) is 19.2 Å². The van der Waals surface area contributed by atoms with E-state index in [-0.39, 0.29) is 53.3 Å². The molecule has 1 saturated heterocycles. The van der Waals surface area contributed by atoms with Gasteiger partial charge in [-0.05, 0) is 68.7 Å². The number of ether oxygens (including phenoxy) is 1. The number of piperidine rings is 1. The molecule has 4 atom stereocenters. The third-order valence-corrected chi connectivity index (χ3v) is 9.67. The van der Waals surface area contributed by atoms with Gasteiger partial charge in [0.15, 0.2) is 11.6 Å². The lowest BCUT2D eigenvalue weighted by Gasteiger charge is -2.27. The molecule has 0 spiro atoms. The van der Waals surface area contributed by atoms with Crippen molar-refractivity contribution in [2.75, 3.05) is 6.54 Å². The molecule has 1 saturated carbocycles. The highest BCUT2D eigenvalue weighted by atomic mass is 16.5. The predicted molar refractivity (Wildman–Crippen MR) is 165 cm³/mol. The van der Waals surface area contributed by atoms with Crippen LogP contribution in [-0.2, 0) is 27.3 Å². The van der Waals surface area contributed by atoms with E-state index in [1.807, 2.05) is 30.5 Å². The summed E-state index contributed by atoms with van der Waals surface area (Å²) in [5, 5.41) is 3.85. The molecule has 3 aromatic rings. The van der Waals surface area contributed by atoms with Crippen LogP contribution in [0, 0.1) is 18.3 Å². The van der Waals surface area contributed by atoms with Crippen LogP contribution in [0.5, 0.6) is 11.8 Å². The average molecular weight is 600 g/mol. The van der Waals surface area contributed by atoms with Crippen molar-refractivity contribution >= 4 is 34.3 Å². The Kier molecular flexibility index (Phi) is 8.02. The zero-order chi connectivity index (χ0) is 31.2. The zero-order valence-electron chi connectivity index (χ0n) is 26.0. The summed E-state index contributed by atoms with van der Waals surface area (Å²) in [4.78, 5) is 63.3. The van der Waals surface area contributed by atoms with Gasteiger partial charge in [-0.2, -0.15) is 0 Å². The van der Waals surface area contributed by atoms with Crippen LogP contribution in [0.1, 0.15) is 87.2 Å². The number of carbonyl (C=O) groups is 4. The quantitative estimate of drug-likeness (QED) is 0.412. The molecule has 2 amide bonds. The number of benzene rings is 1. The number of carbonyl (C=O) groups excluding carboxylic acids is 4. The molecule has 1 N–H and O–H groups in total. The number of nitrogens with one attached hydrogen (secondary N) is 1. The molecule has 44 heavy (non-hydrogen) atoms. The molecule has 6 rings (SSSR count). The number of hydrogen-bond acceptors (Lipinski definition) is 7. The molecule has 232 valence electrons. The van der Waals surface area contributed by atoms with E-state index in [0.717, 1.165) is 47.7 Å². The molecule has 0 unspecified atom stereocenters. The van der Waals surface area contributed by atoms with Crippen molar-refractivity contribution in [2.45, 2.75) is 97.7 Å². The van der Waals surface area contributed by atoms with E-state index in [1.54, 1.807) is 23.5 Å². The molecule has 2 aliphatic heterocycles. The van der Waals surface area contributed by atoms with Crippen LogP contribution in [0.15, 0.2) is 30.7 Å². The molecular weight excluding hydrogens is 558 g/mol. The Labute approximate surface area is 257 Å². The third-order valence-electron chi connectivity index (χ3n) is 9.67. The van der Waals surface area contributed by atoms with Gasteiger partial charge in [0, 0.05) is 60.4 Å². The van der Waals surface area contributed by atoms with E-state index in [2.05, 4.69) is 22.2 Å². The number of nitrogens with zero attached hydrogens (tertiary/aromatic N) is 4. The second-order valence-corrected chi connectivity index (χ2v) is 13.1. The van der Waals surface area contributed by atoms with Crippen molar-refractivity contribution in [3.05, 3.63) is 47.4 Å². The van der Waals surface area contributed by atoms with Crippen molar-refractivity contribution in [1.82, 2.24) is 24.8 Å². The zero-order valence-corrected chi connectivity index (χ0v) is 26.0. The first-order valence-electron chi connectivity index (χ1n) is 15.8. The van der Waals surface area contributed by atoms with Gasteiger partial charge in [0.25, 0.3) is 0 Å².